The smallest absolute Gasteiger partial charge is 0.407 e. The highest BCUT2D eigenvalue weighted by Gasteiger charge is 2.48. The third-order valence-corrected chi connectivity index (χ3v) is 5.87. The molecule has 0 heterocycles. The molecule has 146 valence electrons. The third kappa shape index (κ3) is 4.90. The van der Waals surface area contributed by atoms with E-state index in [0.29, 0.717) is 5.92 Å². The first-order valence-electron chi connectivity index (χ1n) is 10.0. The van der Waals surface area contributed by atoms with Gasteiger partial charge in [-0.25, -0.2) is 4.79 Å². The van der Waals surface area contributed by atoms with Crippen molar-refractivity contribution in [3.8, 4) is 0 Å². The summed E-state index contributed by atoms with van der Waals surface area (Å²) in [5.41, 5.74) is 2.52. The minimum absolute atomic E-state index is 0.00515. The average molecular weight is 370 g/mol. The van der Waals surface area contributed by atoms with E-state index in [2.05, 4.69) is 30.4 Å². The lowest BCUT2D eigenvalue weighted by Gasteiger charge is -2.36. The predicted molar refractivity (Wildman–Crippen MR) is 106 cm³/mol. The number of benzene rings is 1. The standard InChI is InChI=1S/C22H30N2O3/c1-3-17(13-16-7-5-4-6-8-16)20-14-21(20)24(22(26)27)19-11-9-18(10-12-19)23-15(2)25/h4-8,13,18-21H,3,9-12,14H2,1-2H3,(H,23,25)(H,26,27)/b17-13+/t18?,19?,20-,21+/m0/s1. The van der Waals surface area contributed by atoms with E-state index >= 15 is 0 Å². The molecule has 0 radical (unpaired) electrons. The number of carboxylic acid groups (broad SMARTS) is 1. The Morgan fingerprint density at radius 3 is 2.41 bits per heavy atom. The summed E-state index contributed by atoms with van der Waals surface area (Å²) in [7, 11) is 0. The molecule has 2 aliphatic carbocycles. The molecule has 0 saturated heterocycles. The highest BCUT2D eigenvalue weighted by molar-refractivity contribution is 5.73. The maximum Gasteiger partial charge on any atom is 0.407 e. The molecule has 2 N–H and O–H groups in total. The molecule has 0 aromatic heterocycles. The minimum Gasteiger partial charge on any atom is -0.465 e. The van der Waals surface area contributed by atoms with E-state index in [0.717, 1.165) is 38.5 Å². The Morgan fingerprint density at radius 1 is 1.19 bits per heavy atom. The SMILES string of the molecule is CC/C(=C\c1ccccc1)[C@@H]1C[C@H]1N(C(=O)O)C1CCC(NC(C)=O)CC1. The number of nitrogens with one attached hydrogen (secondary N) is 1. The summed E-state index contributed by atoms with van der Waals surface area (Å²) < 4.78 is 0. The van der Waals surface area contributed by atoms with Gasteiger partial charge in [0.2, 0.25) is 5.91 Å². The predicted octanol–water partition coefficient (Wildman–Crippen LogP) is 4.30. The van der Waals surface area contributed by atoms with Crippen molar-refractivity contribution in [2.75, 3.05) is 0 Å². The number of nitrogens with zero attached hydrogens (tertiary/aromatic N) is 1. The van der Waals surface area contributed by atoms with Gasteiger partial charge < -0.3 is 15.3 Å². The number of carbonyl (C=O) groups excluding carboxylic acids is 1. The van der Waals surface area contributed by atoms with Crippen LogP contribution in [0.5, 0.6) is 0 Å². The zero-order valence-corrected chi connectivity index (χ0v) is 16.2. The van der Waals surface area contributed by atoms with Gasteiger partial charge >= 0.3 is 6.09 Å². The summed E-state index contributed by atoms with van der Waals surface area (Å²) in [6, 6.07) is 10.6. The quantitative estimate of drug-likeness (QED) is 0.784. The van der Waals surface area contributed by atoms with Gasteiger partial charge in [0.25, 0.3) is 0 Å². The lowest BCUT2D eigenvalue weighted by molar-refractivity contribution is -0.119. The van der Waals surface area contributed by atoms with E-state index in [9.17, 15) is 14.7 Å². The van der Waals surface area contributed by atoms with Crippen molar-refractivity contribution in [1.29, 1.82) is 0 Å². The molecule has 2 amide bonds. The molecule has 1 aromatic rings. The largest absolute Gasteiger partial charge is 0.465 e. The van der Waals surface area contributed by atoms with Crippen LogP contribution >= 0.6 is 0 Å². The number of hydrogen-bond acceptors (Lipinski definition) is 2. The summed E-state index contributed by atoms with van der Waals surface area (Å²) in [6.45, 7) is 3.68. The van der Waals surface area contributed by atoms with E-state index in [1.807, 2.05) is 18.2 Å². The van der Waals surface area contributed by atoms with E-state index in [1.54, 1.807) is 4.90 Å². The van der Waals surface area contributed by atoms with Crippen LogP contribution in [0.3, 0.4) is 0 Å². The van der Waals surface area contributed by atoms with Gasteiger partial charge in [0.15, 0.2) is 0 Å². The van der Waals surface area contributed by atoms with Crippen molar-refractivity contribution in [3.05, 3.63) is 41.5 Å². The Labute approximate surface area is 161 Å². The monoisotopic (exact) mass is 370 g/mol. The minimum atomic E-state index is -0.805. The highest BCUT2D eigenvalue weighted by atomic mass is 16.4. The van der Waals surface area contributed by atoms with Gasteiger partial charge in [-0.3, -0.25) is 4.79 Å². The topological polar surface area (TPSA) is 69.6 Å². The molecule has 5 heteroatoms. The van der Waals surface area contributed by atoms with Crippen LogP contribution in [0.25, 0.3) is 6.08 Å². The summed E-state index contributed by atoms with van der Waals surface area (Å²) in [5, 5.41) is 12.8. The van der Waals surface area contributed by atoms with Crippen molar-refractivity contribution >= 4 is 18.1 Å². The average Bonchev–Trinajstić information content (AvgIpc) is 3.41. The molecule has 0 spiro atoms. The Morgan fingerprint density at radius 2 is 1.85 bits per heavy atom. The summed E-state index contributed by atoms with van der Waals surface area (Å²) >= 11 is 0. The van der Waals surface area contributed by atoms with Gasteiger partial charge in [-0.15, -0.1) is 0 Å². The van der Waals surface area contributed by atoms with Gasteiger partial charge in [-0.05, 0) is 44.1 Å². The Bertz CT molecular complexity index is 693. The van der Waals surface area contributed by atoms with Crippen LogP contribution in [0, 0.1) is 5.92 Å². The molecule has 2 aliphatic rings. The van der Waals surface area contributed by atoms with Crippen molar-refractivity contribution in [3.63, 3.8) is 0 Å². The maximum absolute atomic E-state index is 12.0. The van der Waals surface area contributed by atoms with Crippen LogP contribution in [0.4, 0.5) is 4.79 Å². The van der Waals surface area contributed by atoms with E-state index in [-0.39, 0.29) is 24.0 Å². The molecule has 2 atom stereocenters. The Balaban J connectivity index is 1.64. The van der Waals surface area contributed by atoms with Gasteiger partial charge in [-0.2, -0.15) is 0 Å². The molecule has 1 aromatic carbocycles. The fourth-order valence-corrected chi connectivity index (χ4v) is 4.48. The van der Waals surface area contributed by atoms with Crippen LogP contribution < -0.4 is 5.32 Å². The van der Waals surface area contributed by atoms with Crippen LogP contribution in [-0.4, -0.2) is 40.1 Å². The van der Waals surface area contributed by atoms with E-state index < -0.39 is 6.09 Å². The second-order valence-electron chi connectivity index (χ2n) is 7.79. The first-order chi connectivity index (χ1) is 13.0. The van der Waals surface area contributed by atoms with Crippen molar-refractivity contribution in [1.82, 2.24) is 10.2 Å². The lowest BCUT2D eigenvalue weighted by atomic mass is 9.90. The van der Waals surface area contributed by atoms with Gasteiger partial charge in [-0.1, -0.05) is 48.9 Å². The highest BCUT2D eigenvalue weighted by Crippen LogP contribution is 2.45. The molecule has 3 rings (SSSR count). The number of hydrogen-bond donors (Lipinski definition) is 2. The molecule has 0 aliphatic heterocycles. The number of amides is 2. The lowest BCUT2D eigenvalue weighted by Crippen LogP contribution is -2.47. The molecular formula is C22H30N2O3. The molecule has 0 unspecified atom stereocenters. The van der Waals surface area contributed by atoms with Crippen molar-refractivity contribution in [2.24, 2.45) is 5.92 Å². The molecule has 5 nitrogen and oxygen atoms in total. The zero-order valence-electron chi connectivity index (χ0n) is 16.2. The summed E-state index contributed by atoms with van der Waals surface area (Å²) in [6.07, 6.45) is 6.63. The van der Waals surface area contributed by atoms with Crippen LogP contribution in [0.2, 0.25) is 0 Å². The number of carbonyl (C=O) groups is 2. The first-order valence-corrected chi connectivity index (χ1v) is 10.0. The normalized spacial score (nSPS) is 27.7. The second-order valence-corrected chi connectivity index (χ2v) is 7.79. The van der Waals surface area contributed by atoms with Crippen molar-refractivity contribution in [2.45, 2.75) is 70.5 Å². The fraction of sp³-hybridized carbons (Fsp3) is 0.545. The Kier molecular flexibility index (Phi) is 6.19. The molecule has 2 saturated carbocycles. The second kappa shape index (κ2) is 8.59. The number of rotatable bonds is 6. The molecule has 27 heavy (non-hydrogen) atoms. The fourth-order valence-electron chi connectivity index (χ4n) is 4.48. The van der Waals surface area contributed by atoms with Gasteiger partial charge in [0.1, 0.15) is 0 Å². The Hall–Kier alpha value is -2.30. The molecular weight excluding hydrogens is 340 g/mol. The van der Waals surface area contributed by atoms with Crippen molar-refractivity contribution < 1.29 is 14.7 Å². The molecule has 0 bridgehead atoms. The van der Waals surface area contributed by atoms with E-state index in [4.69, 9.17) is 0 Å². The van der Waals surface area contributed by atoms with Crippen LogP contribution in [-0.2, 0) is 4.79 Å². The van der Waals surface area contributed by atoms with Gasteiger partial charge in [0, 0.05) is 31.0 Å². The first kappa shape index (κ1) is 19.5. The third-order valence-electron chi connectivity index (χ3n) is 5.87. The van der Waals surface area contributed by atoms with Crippen LogP contribution in [0.15, 0.2) is 35.9 Å². The van der Waals surface area contributed by atoms with Crippen LogP contribution in [0.1, 0.15) is 57.9 Å². The van der Waals surface area contributed by atoms with Gasteiger partial charge in [0.05, 0.1) is 0 Å². The van der Waals surface area contributed by atoms with E-state index in [1.165, 1.54) is 18.1 Å². The summed E-state index contributed by atoms with van der Waals surface area (Å²) in [4.78, 5) is 24.9. The maximum atomic E-state index is 12.0. The zero-order chi connectivity index (χ0) is 19.4. The summed E-state index contributed by atoms with van der Waals surface area (Å²) in [5.74, 6) is 0.328. The molecule has 2 fully saturated rings.